The highest BCUT2D eigenvalue weighted by molar-refractivity contribution is 7.91. The Morgan fingerprint density at radius 2 is 1.48 bits per heavy atom. The lowest BCUT2D eigenvalue weighted by molar-refractivity contribution is 0.0745. The molecule has 0 saturated carbocycles. The fraction of sp³-hybridized carbons (Fsp3) is 0.294. The Morgan fingerprint density at radius 1 is 0.880 bits per heavy atom. The molecule has 0 aromatic heterocycles. The van der Waals surface area contributed by atoms with Crippen molar-refractivity contribution in [2.75, 3.05) is 32.6 Å². The number of rotatable bonds is 4. The van der Waals surface area contributed by atoms with Crippen molar-refractivity contribution in [1.29, 1.82) is 0 Å². The largest absolute Gasteiger partial charge is 0.379 e. The van der Waals surface area contributed by atoms with E-state index in [0.717, 1.165) is 6.26 Å². The topological polar surface area (TPSA) is 76.0 Å². The van der Waals surface area contributed by atoms with Crippen molar-refractivity contribution in [2.24, 2.45) is 4.36 Å². The first-order valence-electron chi connectivity index (χ1n) is 7.85. The molecule has 25 heavy (non-hydrogen) atoms. The summed E-state index contributed by atoms with van der Waals surface area (Å²) in [6, 6.07) is 15.3. The Labute approximate surface area is 148 Å². The molecule has 134 valence electrons. The molecule has 2 aromatic carbocycles. The normalized spacial score (nSPS) is 18.4. The summed E-state index contributed by atoms with van der Waals surface area (Å²) in [4.78, 5) is 0.841. The van der Waals surface area contributed by atoms with Crippen LogP contribution in [0.5, 0.6) is 0 Å². The van der Waals surface area contributed by atoms with Gasteiger partial charge in [-0.3, -0.25) is 0 Å². The zero-order chi connectivity index (χ0) is 17.9. The van der Waals surface area contributed by atoms with Crippen LogP contribution in [0.4, 0.5) is 5.69 Å². The van der Waals surface area contributed by atoms with E-state index in [-0.39, 0.29) is 4.90 Å². The number of benzene rings is 2. The number of nitrogens with zero attached hydrogens (tertiary/aromatic N) is 2. The van der Waals surface area contributed by atoms with Crippen LogP contribution in [0.1, 0.15) is 0 Å². The summed E-state index contributed by atoms with van der Waals surface area (Å²) in [7, 11) is -6.12. The highest BCUT2D eigenvalue weighted by Crippen LogP contribution is 2.26. The van der Waals surface area contributed by atoms with E-state index in [0.29, 0.717) is 36.9 Å². The van der Waals surface area contributed by atoms with Crippen molar-refractivity contribution < 1.29 is 17.4 Å². The zero-order valence-electron chi connectivity index (χ0n) is 13.9. The third-order valence-corrected chi connectivity index (χ3v) is 7.40. The second-order valence-electron chi connectivity index (χ2n) is 5.71. The van der Waals surface area contributed by atoms with Gasteiger partial charge in [0, 0.05) is 19.3 Å². The van der Waals surface area contributed by atoms with Crippen LogP contribution in [0, 0.1) is 0 Å². The standard InChI is InChI=1S/C17H20N2O4S2/c1-24(20,21)16-9-7-15(8-10-16)18-25(22,17-5-3-2-4-6-17)19-11-13-23-14-12-19/h2-10H,11-14H2,1H3. The molecule has 6 nitrogen and oxygen atoms in total. The van der Waals surface area contributed by atoms with Crippen LogP contribution < -0.4 is 0 Å². The Bertz CT molecular complexity index is 942. The molecule has 1 unspecified atom stereocenters. The second kappa shape index (κ2) is 7.25. The van der Waals surface area contributed by atoms with E-state index in [4.69, 9.17) is 4.74 Å². The van der Waals surface area contributed by atoms with E-state index in [2.05, 4.69) is 4.36 Å². The van der Waals surface area contributed by atoms with Crippen molar-refractivity contribution in [3.63, 3.8) is 0 Å². The van der Waals surface area contributed by atoms with Crippen molar-refractivity contribution in [2.45, 2.75) is 9.79 Å². The fourth-order valence-electron chi connectivity index (χ4n) is 2.55. The van der Waals surface area contributed by atoms with Crippen molar-refractivity contribution in [3.8, 4) is 0 Å². The fourth-order valence-corrected chi connectivity index (χ4v) is 5.26. The summed E-state index contributed by atoms with van der Waals surface area (Å²) < 4.78 is 48.7. The molecule has 0 spiro atoms. The Morgan fingerprint density at radius 3 is 2.04 bits per heavy atom. The average Bonchev–Trinajstić information content (AvgIpc) is 2.63. The Balaban J connectivity index is 2.08. The summed E-state index contributed by atoms with van der Waals surface area (Å²) in [6.07, 6.45) is 1.15. The molecular formula is C17H20N2O4S2. The Hall–Kier alpha value is -1.74. The van der Waals surface area contributed by atoms with Gasteiger partial charge < -0.3 is 4.74 Å². The molecule has 1 saturated heterocycles. The molecule has 3 rings (SSSR count). The van der Waals surface area contributed by atoms with Crippen LogP contribution in [-0.4, -0.2) is 49.5 Å². The van der Waals surface area contributed by atoms with E-state index in [1.807, 2.05) is 22.5 Å². The van der Waals surface area contributed by atoms with Crippen molar-refractivity contribution in [3.05, 3.63) is 54.6 Å². The molecule has 0 N–H and O–H groups in total. The number of ether oxygens (including phenoxy) is 1. The summed E-state index contributed by atoms with van der Waals surface area (Å²) in [5, 5.41) is 0. The van der Waals surface area contributed by atoms with Gasteiger partial charge in [-0.1, -0.05) is 18.2 Å². The monoisotopic (exact) mass is 380 g/mol. The van der Waals surface area contributed by atoms with E-state index in [9.17, 15) is 12.6 Å². The summed E-state index contributed by atoms with van der Waals surface area (Å²) >= 11 is 0. The summed E-state index contributed by atoms with van der Waals surface area (Å²) in [5.41, 5.74) is 0.479. The molecule has 1 fully saturated rings. The number of hydrogen-bond donors (Lipinski definition) is 0. The SMILES string of the molecule is CS(=O)(=O)c1ccc(N=S(=O)(c2ccccc2)N2CCOCC2)cc1. The van der Waals surface area contributed by atoms with Gasteiger partial charge >= 0.3 is 0 Å². The lowest BCUT2D eigenvalue weighted by atomic mass is 10.3. The van der Waals surface area contributed by atoms with Gasteiger partial charge in [0.1, 0.15) is 9.92 Å². The minimum atomic E-state index is -3.28. The molecule has 1 aliphatic heterocycles. The molecular weight excluding hydrogens is 360 g/mol. The van der Waals surface area contributed by atoms with E-state index < -0.39 is 19.8 Å². The average molecular weight is 380 g/mol. The van der Waals surface area contributed by atoms with E-state index in [1.165, 1.54) is 12.1 Å². The highest BCUT2D eigenvalue weighted by Gasteiger charge is 2.25. The van der Waals surface area contributed by atoms with Gasteiger partial charge in [0.25, 0.3) is 0 Å². The first-order chi connectivity index (χ1) is 11.9. The van der Waals surface area contributed by atoms with Crippen molar-refractivity contribution in [1.82, 2.24) is 4.31 Å². The van der Waals surface area contributed by atoms with Gasteiger partial charge in [-0.2, -0.15) is 4.36 Å². The highest BCUT2D eigenvalue weighted by atomic mass is 32.2. The van der Waals surface area contributed by atoms with Crippen LogP contribution in [0.15, 0.2) is 68.8 Å². The molecule has 0 bridgehead atoms. The maximum absolute atomic E-state index is 13.8. The molecule has 8 heteroatoms. The first kappa shape index (κ1) is 18.1. The minimum Gasteiger partial charge on any atom is -0.379 e. The summed E-state index contributed by atoms with van der Waals surface area (Å²) in [6.45, 7) is 2.07. The van der Waals surface area contributed by atoms with Crippen LogP contribution in [0.3, 0.4) is 0 Å². The molecule has 1 heterocycles. The lowest BCUT2D eigenvalue weighted by Gasteiger charge is -2.29. The predicted octanol–water partition coefficient (Wildman–Crippen LogP) is 2.50. The van der Waals surface area contributed by atoms with E-state index in [1.54, 1.807) is 24.3 Å². The predicted molar refractivity (Wildman–Crippen MR) is 96.9 cm³/mol. The zero-order valence-corrected chi connectivity index (χ0v) is 15.5. The maximum Gasteiger partial charge on any atom is 0.175 e. The van der Waals surface area contributed by atoms with Gasteiger partial charge in [-0.25, -0.2) is 16.9 Å². The molecule has 0 radical (unpaired) electrons. The van der Waals surface area contributed by atoms with Crippen LogP contribution >= 0.6 is 0 Å². The Kier molecular flexibility index (Phi) is 5.24. The first-order valence-corrected chi connectivity index (χ1v) is 11.2. The van der Waals surface area contributed by atoms with Gasteiger partial charge in [0.15, 0.2) is 9.84 Å². The number of hydrogen-bond acceptors (Lipinski definition) is 5. The summed E-state index contributed by atoms with van der Waals surface area (Å²) in [5.74, 6) is 0. The quantitative estimate of drug-likeness (QED) is 0.817. The molecule has 0 amide bonds. The minimum absolute atomic E-state index is 0.212. The third-order valence-electron chi connectivity index (χ3n) is 3.86. The van der Waals surface area contributed by atoms with Crippen LogP contribution in [0.2, 0.25) is 0 Å². The number of morpholine rings is 1. The number of sulfone groups is 1. The molecule has 0 aliphatic carbocycles. The smallest absolute Gasteiger partial charge is 0.175 e. The lowest BCUT2D eigenvalue weighted by Crippen LogP contribution is -2.40. The van der Waals surface area contributed by atoms with Gasteiger partial charge in [-0.05, 0) is 36.4 Å². The third kappa shape index (κ3) is 4.09. The van der Waals surface area contributed by atoms with Crippen LogP contribution in [-0.2, 0) is 24.5 Å². The van der Waals surface area contributed by atoms with E-state index >= 15 is 0 Å². The molecule has 2 aromatic rings. The maximum atomic E-state index is 13.8. The van der Waals surface area contributed by atoms with Crippen LogP contribution in [0.25, 0.3) is 0 Å². The molecule has 1 aliphatic rings. The second-order valence-corrected chi connectivity index (χ2v) is 9.89. The van der Waals surface area contributed by atoms with Crippen molar-refractivity contribution >= 4 is 25.4 Å². The van der Waals surface area contributed by atoms with Gasteiger partial charge in [0.2, 0.25) is 0 Å². The molecule has 1 atom stereocenters. The van der Waals surface area contributed by atoms with Gasteiger partial charge in [-0.15, -0.1) is 0 Å². The van der Waals surface area contributed by atoms with Gasteiger partial charge in [0.05, 0.1) is 28.7 Å².